The topological polar surface area (TPSA) is 115 Å². The average molecular weight is 485 g/mol. The van der Waals surface area contributed by atoms with Crippen molar-refractivity contribution in [2.24, 2.45) is 10.7 Å². The molecule has 2 aromatic carbocycles. The zero-order valence-corrected chi connectivity index (χ0v) is 21.5. The molecule has 36 heavy (non-hydrogen) atoms. The van der Waals surface area contributed by atoms with Crippen LogP contribution in [0.15, 0.2) is 53.7 Å². The van der Waals surface area contributed by atoms with Crippen LogP contribution in [0.2, 0.25) is 0 Å². The van der Waals surface area contributed by atoms with Gasteiger partial charge in [0.2, 0.25) is 5.95 Å². The summed E-state index contributed by atoms with van der Waals surface area (Å²) in [5.74, 6) is 1.18. The van der Waals surface area contributed by atoms with Crippen LogP contribution in [-0.2, 0) is 13.1 Å². The van der Waals surface area contributed by atoms with E-state index in [1.165, 1.54) is 11.1 Å². The number of nitrogens with zero attached hydrogens (tertiary/aromatic N) is 5. The van der Waals surface area contributed by atoms with Gasteiger partial charge in [-0.05, 0) is 53.6 Å². The van der Waals surface area contributed by atoms with Crippen LogP contribution in [-0.4, -0.2) is 43.0 Å². The lowest BCUT2D eigenvalue weighted by Crippen LogP contribution is -2.29. The molecule has 0 aliphatic rings. The predicted molar refractivity (Wildman–Crippen MR) is 148 cm³/mol. The van der Waals surface area contributed by atoms with Gasteiger partial charge in [0, 0.05) is 39.8 Å². The van der Waals surface area contributed by atoms with E-state index in [1.807, 2.05) is 12.1 Å². The average Bonchev–Trinajstić information content (AvgIpc) is 2.91. The maximum absolute atomic E-state index is 9.67. The van der Waals surface area contributed by atoms with Gasteiger partial charge in [0.05, 0.1) is 12.5 Å². The van der Waals surface area contributed by atoms with Gasteiger partial charge in [0.25, 0.3) is 0 Å². The Morgan fingerprint density at radius 1 is 1.19 bits per heavy atom. The second kappa shape index (κ2) is 13.8. The minimum Gasteiger partial charge on any atom is -0.376 e. The molecule has 0 bridgehead atoms. The van der Waals surface area contributed by atoms with Crippen molar-refractivity contribution in [3.05, 3.63) is 70.9 Å². The van der Waals surface area contributed by atoms with E-state index in [0.717, 1.165) is 49.2 Å². The van der Waals surface area contributed by atoms with Gasteiger partial charge in [-0.2, -0.15) is 10.2 Å². The highest BCUT2D eigenvalue weighted by molar-refractivity contribution is 5.69. The lowest BCUT2D eigenvalue weighted by molar-refractivity contribution is 0.693. The molecule has 0 saturated heterocycles. The smallest absolute Gasteiger partial charge is 0.224 e. The minimum atomic E-state index is 0.482. The molecule has 0 atom stereocenters. The van der Waals surface area contributed by atoms with Gasteiger partial charge in [-0.25, -0.2) is 4.98 Å². The van der Waals surface area contributed by atoms with E-state index in [2.05, 4.69) is 75.8 Å². The number of hydrogen-bond acceptors (Lipinski definition) is 7. The van der Waals surface area contributed by atoms with Crippen molar-refractivity contribution < 1.29 is 0 Å². The molecule has 0 saturated carbocycles. The SMILES string of the molecule is CCCN(CCCNC=NC)c1nc(NCc2cccc(-c3cccc(CN)c3)c2C)ncc1C#N. The normalized spacial score (nSPS) is 10.9. The van der Waals surface area contributed by atoms with E-state index in [0.29, 0.717) is 30.4 Å². The molecule has 1 heterocycles. The Hall–Kier alpha value is -3.96. The Bertz CT molecular complexity index is 1200. The summed E-state index contributed by atoms with van der Waals surface area (Å²) in [7, 11) is 1.74. The molecule has 0 unspecified atom stereocenters. The molecule has 4 N–H and O–H groups in total. The van der Waals surface area contributed by atoms with Crippen molar-refractivity contribution in [1.29, 1.82) is 5.26 Å². The molecule has 0 fully saturated rings. The number of benzene rings is 2. The second-order valence-electron chi connectivity index (χ2n) is 8.57. The van der Waals surface area contributed by atoms with Crippen LogP contribution in [0.3, 0.4) is 0 Å². The number of nitrogens with one attached hydrogen (secondary N) is 2. The fraction of sp³-hybridized carbons (Fsp3) is 0.357. The number of aromatic nitrogens is 2. The summed E-state index contributed by atoms with van der Waals surface area (Å²) in [6.07, 6.45) is 5.17. The predicted octanol–water partition coefficient (Wildman–Crippen LogP) is 4.25. The number of aliphatic imine (C=N–C) groups is 1. The van der Waals surface area contributed by atoms with Gasteiger partial charge >= 0.3 is 0 Å². The molecule has 3 aromatic rings. The first-order chi connectivity index (χ1) is 17.6. The largest absolute Gasteiger partial charge is 0.376 e. The Morgan fingerprint density at radius 3 is 2.78 bits per heavy atom. The Balaban J connectivity index is 1.78. The first-order valence-electron chi connectivity index (χ1n) is 12.4. The highest BCUT2D eigenvalue weighted by atomic mass is 15.2. The first kappa shape index (κ1) is 26.6. The third-order valence-corrected chi connectivity index (χ3v) is 6.01. The minimum absolute atomic E-state index is 0.482. The van der Waals surface area contributed by atoms with Gasteiger partial charge in [0.1, 0.15) is 11.6 Å². The van der Waals surface area contributed by atoms with Crippen molar-refractivity contribution in [1.82, 2.24) is 15.3 Å². The van der Waals surface area contributed by atoms with Crippen LogP contribution in [0, 0.1) is 18.3 Å². The summed E-state index contributed by atoms with van der Waals surface area (Å²) in [6.45, 7) is 7.76. The van der Waals surface area contributed by atoms with Crippen molar-refractivity contribution in [2.45, 2.75) is 39.8 Å². The van der Waals surface area contributed by atoms with Gasteiger partial charge in [-0.15, -0.1) is 0 Å². The van der Waals surface area contributed by atoms with Gasteiger partial charge < -0.3 is 21.3 Å². The van der Waals surface area contributed by atoms with E-state index in [9.17, 15) is 5.26 Å². The number of anilines is 2. The molecule has 0 amide bonds. The maximum atomic E-state index is 9.67. The Morgan fingerprint density at radius 2 is 2.03 bits per heavy atom. The lowest BCUT2D eigenvalue weighted by Gasteiger charge is -2.24. The van der Waals surface area contributed by atoms with Crippen molar-refractivity contribution in [3.8, 4) is 17.2 Å². The molecular weight excluding hydrogens is 448 g/mol. The van der Waals surface area contributed by atoms with E-state index in [4.69, 9.17) is 10.7 Å². The van der Waals surface area contributed by atoms with Crippen molar-refractivity contribution >= 4 is 18.1 Å². The van der Waals surface area contributed by atoms with Crippen LogP contribution < -0.4 is 21.3 Å². The summed E-state index contributed by atoms with van der Waals surface area (Å²) in [4.78, 5) is 15.3. The summed E-state index contributed by atoms with van der Waals surface area (Å²) in [5, 5.41) is 16.2. The van der Waals surface area contributed by atoms with Crippen LogP contribution in [0.4, 0.5) is 11.8 Å². The van der Waals surface area contributed by atoms with Crippen LogP contribution in [0.25, 0.3) is 11.1 Å². The Kier molecular flexibility index (Phi) is 10.2. The van der Waals surface area contributed by atoms with E-state index < -0.39 is 0 Å². The summed E-state index contributed by atoms with van der Waals surface area (Å²) in [5.41, 5.74) is 12.1. The molecule has 3 rings (SSSR count). The monoisotopic (exact) mass is 484 g/mol. The fourth-order valence-electron chi connectivity index (χ4n) is 4.13. The molecule has 0 aliphatic carbocycles. The third-order valence-electron chi connectivity index (χ3n) is 6.01. The van der Waals surface area contributed by atoms with Gasteiger partial charge in [-0.1, -0.05) is 43.3 Å². The van der Waals surface area contributed by atoms with Gasteiger partial charge in [-0.3, -0.25) is 4.99 Å². The van der Waals surface area contributed by atoms with Crippen molar-refractivity contribution in [2.75, 3.05) is 36.9 Å². The number of hydrogen-bond donors (Lipinski definition) is 3. The third kappa shape index (κ3) is 7.03. The molecule has 8 nitrogen and oxygen atoms in total. The summed E-state index contributed by atoms with van der Waals surface area (Å²) in [6, 6.07) is 16.9. The van der Waals surface area contributed by atoms with Crippen LogP contribution in [0.5, 0.6) is 0 Å². The lowest BCUT2D eigenvalue weighted by atomic mass is 9.95. The molecule has 188 valence electrons. The second-order valence-corrected chi connectivity index (χ2v) is 8.57. The zero-order valence-electron chi connectivity index (χ0n) is 21.5. The summed E-state index contributed by atoms with van der Waals surface area (Å²) >= 11 is 0. The molecule has 1 aromatic heterocycles. The maximum Gasteiger partial charge on any atom is 0.224 e. The molecule has 0 aliphatic heterocycles. The number of nitriles is 1. The molecule has 8 heteroatoms. The van der Waals surface area contributed by atoms with Crippen LogP contribution >= 0.6 is 0 Å². The summed E-state index contributed by atoms with van der Waals surface area (Å²) < 4.78 is 0. The standard InChI is InChI=1S/C28H36N8/c1-4-13-36(14-7-12-32-20-31-3)27-25(17-30)19-34-28(35-27)33-18-24-10-6-11-26(21(24)2)23-9-5-8-22(15-23)16-29/h5-6,8-11,15,19-20H,4,7,12-14,16,18,29H2,1-3H3,(H,31,32)(H,33,34,35). The van der Waals surface area contributed by atoms with Gasteiger partial charge in [0.15, 0.2) is 5.82 Å². The molecule has 0 radical (unpaired) electrons. The number of rotatable bonds is 13. The molecular formula is C28H36N8. The van der Waals surface area contributed by atoms with E-state index in [-0.39, 0.29) is 0 Å². The quantitative estimate of drug-likeness (QED) is 0.189. The number of nitrogens with two attached hydrogens (primary N) is 1. The zero-order chi connectivity index (χ0) is 25.8. The first-order valence-corrected chi connectivity index (χ1v) is 12.4. The van der Waals surface area contributed by atoms with Crippen LogP contribution in [0.1, 0.15) is 42.0 Å². The highest BCUT2D eigenvalue weighted by Gasteiger charge is 2.15. The van der Waals surface area contributed by atoms with E-state index in [1.54, 1.807) is 19.6 Å². The van der Waals surface area contributed by atoms with Crippen molar-refractivity contribution in [3.63, 3.8) is 0 Å². The van der Waals surface area contributed by atoms with E-state index >= 15 is 0 Å². The Labute approximate surface area is 214 Å². The fourth-order valence-corrected chi connectivity index (χ4v) is 4.13. The molecule has 0 spiro atoms. The highest BCUT2D eigenvalue weighted by Crippen LogP contribution is 2.27.